The van der Waals surface area contributed by atoms with Crippen molar-refractivity contribution >= 4 is 11.8 Å². The van der Waals surface area contributed by atoms with Crippen LogP contribution in [-0.2, 0) is 10.2 Å². The first kappa shape index (κ1) is 14.5. The molecule has 0 aromatic heterocycles. The third kappa shape index (κ3) is 3.22. The van der Waals surface area contributed by atoms with Crippen molar-refractivity contribution in [1.29, 1.82) is 0 Å². The Morgan fingerprint density at radius 2 is 2.00 bits per heavy atom. The summed E-state index contributed by atoms with van der Waals surface area (Å²) in [6.07, 6.45) is -0.640. The lowest BCUT2D eigenvalue weighted by Gasteiger charge is -2.22. The molecule has 0 atom stereocenters. The third-order valence-corrected chi connectivity index (χ3v) is 2.71. The Hall–Kier alpha value is -1.58. The average molecular weight is 253 g/mol. The summed E-state index contributed by atoms with van der Waals surface area (Å²) in [5, 5.41) is 2.39. The fraction of sp³-hybridized carbons (Fsp3) is 0.500. The number of nitrogens with one attached hydrogen (secondary N) is 1. The van der Waals surface area contributed by atoms with Crippen LogP contribution in [0.5, 0.6) is 0 Å². The van der Waals surface area contributed by atoms with E-state index in [4.69, 9.17) is 4.74 Å². The Labute approximate surface area is 107 Å². The maximum Gasteiger partial charge on any atom is 0.411 e. The Kier molecular flexibility index (Phi) is 4.33. The molecule has 0 aliphatic rings. The summed E-state index contributed by atoms with van der Waals surface area (Å²) in [5.41, 5.74) is 1.50. The number of rotatable bonds is 2. The highest BCUT2D eigenvalue weighted by molar-refractivity contribution is 5.85. The molecule has 0 bridgehead atoms. The Morgan fingerprint density at radius 3 is 2.50 bits per heavy atom. The van der Waals surface area contributed by atoms with Crippen LogP contribution in [0.4, 0.5) is 14.9 Å². The molecule has 1 rings (SSSR count). The molecule has 0 spiro atoms. The van der Waals surface area contributed by atoms with Crippen LogP contribution in [0.3, 0.4) is 0 Å². The zero-order valence-electron chi connectivity index (χ0n) is 11.6. The molecule has 0 aliphatic carbocycles. The standard InChI is InChI=1S/C14H20FNO2/c1-6-18-13(17)16-11-8-7-10(14(3,4)5)9(2)12(11)15/h7-8H,6H2,1-5H3,(H,16,17). The van der Waals surface area contributed by atoms with Gasteiger partial charge in [-0.1, -0.05) is 26.8 Å². The minimum atomic E-state index is -0.640. The zero-order chi connectivity index (χ0) is 13.9. The van der Waals surface area contributed by atoms with E-state index in [1.165, 1.54) is 0 Å². The minimum Gasteiger partial charge on any atom is -0.450 e. The number of benzene rings is 1. The average Bonchev–Trinajstić information content (AvgIpc) is 2.23. The van der Waals surface area contributed by atoms with Crippen molar-refractivity contribution in [1.82, 2.24) is 0 Å². The summed E-state index contributed by atoms with van der Waals surface area (Å²) in [6, 6.07) is 3.40. The van der Waals surface area contributed by atoms with Gasteiger partial charge < -0.3 is 4.74 Å². The highest BCUT2D eigenvalue weighted by atomic mass is 19.1. The quantitative estimate of drug-likeness (QED) is 0.865. The molecule has 0 fully saturated rings. The molecule has 3 nitrogen and oxygen atoms in total. The normalized spacial score (nSPS) is 11.2. The number of hydrogen-bond acceptors (Lipinski definition) is 2. The number of hydrogen-bond donors (Lipinski definition) is 1. The van der Waals surface area contributed by atoms with Gasteiger partial charge in [-0.05, 0) is 36.5 Å². The Morgan fingerprint density at radius 1 is 1.39 bits per heavy atom. The number of anilines is 1. The second kappa shape index (κ2) is 5.38. The summed E-state index contributed by atoms with van der Waals surface area (Å²) in [4.78, 5) is 11.3. The molecule has 0 aliphatic heterocycles. The minimum absolute atomic E-state index is 0.132. The van der Waals surface area contributed by atoms with Crippen molar-refractivity contribution in [3.8, 4) is 0 Å². The van der Waals surface area contributed by atoms with Gasteiger partial charge in [0.2, 0.25) is 0 Å². The lowest BCUT2D eigenvalue weighted by Crippen LogP contribution is -2.17. The van der Waals surface area contributed by atoms with E-state index in [0.29, 0.717) is 5.56 Å². The van der Waals surface area contributed by atoms with Gasteiger partial charge in [-0.25, -0.2) is 9.18 Å². The first-order valence-electron chi connectivity index (χ1n) is 6.00. The largest absolute Gasteiger partial charge is 0.450 e. The molecule has 0 saturated heterocycles. The van der Waals surface area contributed by atoms with Crippen LogP contribution < -0.4 is 5.32 Å². The number of carbonyl (C=O) groups excluding carboxylic acids is 1. The number of halogens is 1. The summed E-state index contributed by atoms with van der Waals surface area (Å²) in [7, 11) is 0. The summed E-state index contributed by atoms with van der Waals surface area (Å²) in [5.74, 6) is -0.407. The number of ether oxygens (including phenoxy) is 1. The van der Waals surface area contributed by atoms with Crippen LogP contribution in [-0.4, -0.2) is 12.7 Å². The van der Waals surface area contributed by atoms with Crippen molar-refractivity contribution in [2.75, 3.05) is 11.9 Å². The molecular weight excluding hydrogens is 233 g/mol. The van der Waals surface area contributed by atoms with Gasteiger partial charge in [0.1, 0.15) is 5.82 Å². The first-order valence-corrected chi connectivity index (χ1v) is 6.00. The lowest BCUT2D eigenvalue weighted by atomic mass is 9.84. The maximum atomic E-state index is 14.1. The molecule has 1 amide bonds. The smallest absolute Gasteiger partial charge is 0.411 e. The SMILES string of the molecule is CCOC(=O)Nc1ccc(C(C)(C)C)c(C)c1F. The van der Waals surface area contributed by atoms with Gasteiger partial charge in [-0.3, -0.25) is 5.32 Å². The van der Waals surface area contributed by atoms with E-state index in [1.54, 1.807) is 19.9 Å². The molecule has 0 saturated carbocycles. The first-order chi connectivity index (χ1) is 8.27. The predicted octanol–water partition coefficient (Wildman–Crippen LogP) is 4.00. The molecule has 1 aromatic rings. The van der Waals surface area contributed by atoms with E-state index in [0.717, 1.165) is 5.56 Å². The van der Waals surface area contributed by atoms with E-state index >= 15 is 0 Å². The lowest BCUT2D eigenvalue weighted by molar-refractivity contribution is 0.168. The van der Waals surface area contributed by atoms with Crippen molar-refractivity contribution in [2.24, 2.45) is 0 Å². The fourth-order valence-electron chi connectivity index (χ4n) is 1.87. The van der Waals surface area contributed by atoms with Crippen LogP contribution in [0.1, 0.15) is 38.8 Å². The van der Waals surface area contributed by atoms with Gasteiger partial charge in [0.05, 0.1) is 12.3 Å². The molecule has 18 heavy (non-hydrogen) atoms. The maximum absolute atomic E-state index is 14.1. The van der Waals surface area contributed by atoms with Gasteiger partial charge in [0.15, 0.2) is 0 Å². The van der Waals surface area contributed by atoms with Crippen LogP contribution in [0, 0.1) is 12.7 Å². The van der Waals surface area contributed by atoms with Crippen molar-refractivity contribution < 1.29 is 13.9 Å². The molecule has 4 heteroatoms. The molecule has 100 valence electrons. The summed E-state index contributed by atoms with van der Waals surface area (Å²) >= 11 is 0. The third-order valence-electron chi connectivity index (χ3n) is 2.71. The summed E-state index contributed by atoms with van der Waals surface area (Å²) < 4.78 is 18.8. The van der Waals surface area contributed by atoms with Crippen LogP contribution in [0.25, 0.3) is 0 Å². The Bertz CT molecular complexity index is 450. The van der Waals surface area contributed by atoms with E-state index in [1.807, 2.05) is 26.8 Å². The fourth-order valence-corrected chi connectivity index (χ4v) is 1.87. The van der Waals surface area contributed by atoms with Crippen LogP contribution in [0.2, 0.25) is 0 Å². The van der Waals surface area contributed by atoms with Crippen molar-refractivity contribution in [2.45, 2.75) is 40.0 Å². The number of carbonyl (C=O) groups is 1. The highest BCUT2D eigenvalue weighted by Crippen LogP contribution is 2.30. The van der Waals surface area contributed by atoms with Gasteiger partial charge in [-0.2, -0.15) is 0 Å². The van der Waals surface area contributed by atoms with Gasteiger partial charge in [0, 0.05) is 0 Å². The summed E-state index contributed by atoms with van der Waals surface area (Å²) in [6.45, 7) is 9.73. The van der Waals surface area contributed by atoms with E-state index < -0.39 is 11.9 Å². The molecule has 0 heterocycles. The van der Waals surface area contributed by atoms with Crippen LogP contribution in [0.15, 0.2) is 12.1 Å². The van der Waals surface area contributed by atoms with Crippen molar-refractivity contribution in [3.05, 3.63) is 29.1 Å². The van der Waals surface area contributed by atoms with E-state index in [9.17, 15) is 9.18 Å². The molecule has 1 aromatic carbocycles. The van der Waals surface area contributed by atoms with Gasteiger partial charge in [-0.15, -0.1) is 0 Å². The van der Waals surface area contributed by atoms with Crippen LogP contribution >= 0.6 is 0 Å². The van der Waals surface area contributed by atoms with Gasteiger partial charge >= 0.3 is 6.09 Å². The highest BCUT2D eigenvalue weighted by Gasteiger charge is 2.20. The van der Waals surface area contributed by atoms with Crippen molar-refractivity contribution in [3.63, 3.8) is 0 Å². The predicted molar refractivity (Wildman–Crippen MR) is 70.5 cm³/mol. The Balaban J connectivity index is 3.05. The van der Waals surface area contributed by atoms with E-state index in [-0.39, 0.29) is 17.7 Å². The second-order valence-electron chi connectivity index (χ2n) is 5.20. The monoisotopic (exact) mass is 253 g/mol. The molecular formula is C14H20FNO2. The molecule has 0 radical (unpaired) electrons. The molecule has 0 unspecified atom stereocenters. The molecule has 1 N–H and O–H groups in total. The number of amides is 1. The zero-order valence-corrected chi connectivity index (χ0v) is 11.6. The van der Waals surface area contributed by atoms with E-state index in [2.05, 4.69) is 5.32 Å². The second-order valence-corrected chi connectivity index (χ2v) is 5.20. The van der Waals surface area contributed by atoms with Gasteiger partial charge in [0.25, 0.3) is 0 Å². The topological polar surface area (TPSA) is 38.3 Å².